The molecule has 0 heterocycles. The van der Waals surface area contributed by atoms with Crippen LogP contribution in [0.25, 0.3) is 0 Å². The van der Waals surface area contributed by atoms with Gasteiger partial charge < -0.3 is 15.0 Å². The van der Waals surface area contributed by atoms with Crippen molar-refractivity contribution < 1.29 is 8.76 Å². The van der Waals surface area contributed by atoms with E-state index in [1.807, 2.05) is 6.92 Å². The van der Waals surface area contributed by atoms with Gasteiger partial charge in [0.15, 0.2) is 0 Å². The van der Waals surface area contributed by atoms with Gasteiger partial charge >= 0.3 is 0 Å². The van der Waals surface area contributed by atoms with E-state index < -0.39 is 11.3 Å². The molecule has 1 aromatic rings. The van der Waals surface area contributed by atoms with Crippen LogP contribution >= 0.6 is 0 Å². The van der Waals surface area contributed by atoms with Crippen LogP contribution < -0.4 is 10.5 Å². The number of hydrogen-bond donors (Lipinski definition) is 2. The summed E-state index contributed by atoms with van der Waals surface area (Å²) >= 11 is -2.27. The lowest BCUT2D eigenvalue weighted by atomic mass is 10.1. The molecule has 0 aromatic heterocycles. The Kier molecular flexibility index (Phi) is 3.41. The van der Waals surface area contributed by atoms with E-state index in [4.69, 9.17) is 5.73 Å². The van der Waals surface area contributed by atoms with Gasteiger partial charge in [-0.25, -0.2) is 0 Å². The highest BCUT2D eigenvalue weighted by Crippen LogP contribution is 2.13. The number of nitrogens with one attached hydrogen (secondary N) is 1. The quantitative estimate of drug-likeness (QED) is 0.710. The zero-order valence-corrected chi connectivity index (χ0v) is 8.01. The van der Waals surface area contributed by atoms with E-state index in [1.54, 1.807) is 24.3 Å². The second-order valence-electron chi connectivity index (χ2n) is 2.75. The van der Waals surface area contributed by atoms with Crippen molar-refractivity contribution in [1.82, 2.24) is 0 Å². The molecule has 5 heteroatoms. The SMILES string of the molecule is C[C@@H](N)c1ccc(NS(=O)[O-])cc1. The zero-order valence-electron chi connectivity index (χ0n) is 7.19. The van der Waals surface area contributed by atoms with E-state index in [1.165, 1.54) is 0 Å². The molecule has 0 radical (unpaired) electrons. The number of nitrogens with two attached hydrogens (primary N) is 1. The first-order valence-electron chi connectivity index (χ1n) is 3.81. The molecule has 1 aromatic carbocycles. The Labute approximate surface area is 79.6 Å². The van der Waals surface area contributed by atoms with Crippen LogP contribution in [0.3, 0.4) is 0 Å². The standard InChI is InChI=1S/C8H12N2O2S/c1-6(9)7-2-4-8(5-3-7)10-13(11)12/h2-6,10H,9H2,1H3,(H,11,12)/p-1/t6-/m1/s1. The molecular weight excluding hydrogens is 188 g/mol. The second kappa shape index (κ2) is 4.36. The minimum Gasteiger partial charge on any atom is -0.755 e. The molecule has 2 atom stereocenters. The fraction of sp³-hybridized carbons (Fsp3) is 0.250. The number of benzene rings is 1. The van der Waals surface area contributed by atoms with Gasteiger partial charge in [0, 0.05) is 23.0 Å². The van der Waals surface area contributed by atoms with Crippen LogP contribution in [0.4, 0.5) is 5.69 Å². The Morgan fingerprint density at radius 1 is 1.46 bits per heavy atom. The van der Waals surface area contributed by atoms with Gasteiger partial charge in [-0.05, 0) is 24.6 Å². The predicted molar refractivity (Wildman–Crippen MR) is 51.6 cm³/mol. The predicted octanol–water partition coefficient (Wildman–Crippen LogP) is 0.912. The van der Waals surface area contributed by atoms with Crippen molar-refractivity contribution in [2.45, 2.75) is 13.0 Å². The van der Waals surface area contributed by atoms with E-state index in [-0.39, 0.29) is 6.04 Å². The molecule has 72 valence electrons. The minimum absolute atomic E-state index is 0.0354. The van der Waals surface area contributed by atoms with Gasteiger partial charge in [-0.1, -0.05) is 12.1 Å². The van der Waals surface area contributed by atoms with Gasteiger partial charge in [0.05, 0.1) is 0 Å². The molecule has 3 N–H and O–H groups in total. The first-order valence-corrected chi connectivity index (χ1v) is 4.88. The average Bonchev–Trinajstić information content (AvgIpc) is 2.04. The van der Waals surface area contributed by atoms with Crippen LogP contribution in [0.5, 0.6) is 0 Å². The Balaban J connectivity index is 2.75. The first-order chi connectivity index (χ1) is 6.09. The Morgan fingerprint density at radius 3 is 2.38 bits per heavy atom. The molecular formula is C8H11N2O2S-. The summed E-state index contributed by atoms with van der Waals surface area (Å²) in [6.07, 6.45) is 0. The van der Waals surface area contributed by atoms with E-state index in [0.717, 1.165) is 5.56 Å². The summed E-state index contributed by atoms with van der Waals surface area (Å²) in [5, 5.41) is 0. The third-order valence-corrected chi connectivity index (χ3v) is 2.04. The third kappa shape index (κ3) is 3.14. The highest BCUT2D eigenvalue weighted by Gasteiger charge is 1.97. The monoisotopic (exact) mass is 199 g/mol. The highest BCUT2D eigenvalue weighted by atomic mass is 32.2. The summed E-state index contributed by atoms with van der Waals surface area (Å²) in [5.74, 6) is 0. The Bertz CT molecular complexity index is 298. The van der Waals surface area contributed by atoms with Crippen LogP contribution in [-0.2, 0) is 11.3 Å². The number of hydrogen-bond acceptors (Lipinski definition) is 3. The Hall–Kier alpha value is -0.910. The van der Waals surface area contributed by atoms with E-state index in [2.05, 4.69) is 4.72 Å². The summed E-state index contributed by atoms with van der Waals surface area (Å²) < 4.78 is 22.8. The van der Waals surface area contributed by atoms with Crippen molar-refractivity contribution in [3.63, 3.8) is 0 Å². The summed E-state index contributed by atoms with van der Waals surface area (Å²) in [6, 6.07) is 6.90. The zero-order chi connectivity index (χ0) is 9.84. The molecule has 1 unspecified atom stereocenters. The van der Waals surface area contributed by atoms with E-state index in [0.29, 0.717) is 5.69 Å². The summed E-state index contributed by atoms with van der Waals surface area (Å²) in [7, 11) is 0. The van der Waals surface area contributed by atoms with Gasteiger partial charge in [-0.2, -0.15) is 0 Å². The van der Waals surface area contributed by atoms with Crippen molar-refractivity contribution in [2.24, 2.45) is 5.73 Å². The molecule has 0 aliphatic carbocycles. The van der Waals surface area contributed by atoms with Crippen LogP contribution in [0, 0.1) is 0 Å². The maximum absolute atomic E-state index is 10.3. The molecule has 0 saturated heterocycles. The molecule has 0 fully saturated rings. The highest BCUT2D eigenvalue weighted by molar-refractivity contribution is 7.80. The number of anilines is 1. The van der Waals surface area contributed by atoms with Crippen LogP contribution in [-0.4, -0.2) is 8.76 Å². The average molecular weight is 199 g/mol. The molecule has 0 spiro atoms. The second-order valence-corrected chi connectivity index (χ2v) is 3.42. The van der Waals surface area contributed by atoms with E-state index in [9.17, 15) is 8.76 Å². The van der Waals surface area contributed by atoms with Crippen LogP contribution in [0.15, 0.2) is 24.3 Å². The first kappa shape index (κ1) is 10.2. The lowest BCUT2D eigenvalue weighted by Gasteiger charge is -2.10. The van der Waals surface area contributed by atoms with Crippen molar-refractivity contribution in [3.8, 4) is 0 Å². The van der Waals surface area contributed by atoms with Gasteiger partial charge in [0.1, 0.15) is 0 Å². The van der Waals surface area contributed by atoms with Crippen molar-refractivity contribution in [2.75, 3.05) is 4.72 Å². The van der Waals surface area contributed by atoms with Gasteiger partial charge in [-0.15, -0.1) is 0 Å². The smallest absolute Gasteiger partial charge is 0.0452 e. The maximum Gasteiger partial charge on any atom is 0.0452 e. The normalized spacial score (nSPS) is 15.0. The molecule has 4 nitrogen and oxygen atoms in total. The van der Waals surface area contributed by atoms with Gasteiger partial charge in [-0.3, -0.25) is 4.21 Å². The van der Waals surface area contributed by atoms with Crippen LogP contribution in [0.1, 0.15) is 18.5 Å². The molecule has 0 amide bonds. The third-order valence-electron chi connectivity index (χ3n) is 1.64. The van der Waals surface area contributed by atoms with Crippen molar-refractivity contribution in [3.05, 3.63) is 29.8 Å². The maximum atomic E-state index is 10.3. The molecule has 0 aliphatic rings. The fourth-order valence-corrected chi connectivity index (χ4v) is 1.28. The lowest BCUT2D eigenvalue weighted by Crippen LogP contribution is -2.06. The minimum atomic E-state index is -2.27. The topological polar surface area (TPSA) is 78.2 Å². The molecule has 0 bridgehead atoms. The summed E-state index contributed by atoms with van der Waals surface area (Å²) in [5.41, 5.74) is 7.14. The molecule has 13 heavy (non-hydrogen) atoms. The summed E-state index contributed by atoms with van der Waals surface area (Å²) in [4.78, 5) is 0. The molecule has 0 saturated carbocycles. The van der Waals surface area contributed by atoms with Crippen LogP contribution in [0.2, 0.25) is 0 Å². The van der Waals surface area contributed by atoms with Gasteiger partial charge in [0.2, 0.25) is 0 Å². The number of rotatable bonds is 3. The molecule has 0 aliphatic heterocycles. The lowest BCUT2D eigenvalue weighted by molar-refractivity contribution is 0.542. The molecule has 1 rings (SSSR count). The van der Waals surface area contributed by atoms with Crippen molar-refractivity contribution in [1.29, 1.82) is 0 Å². The largest absolute Gasteiger partial charge is 0.755 e. The fourth-order valence-electron chi connectivity index (χ4n) is 0.951. The van der Waals surface area contributed by atoms with Gasteiger partial charge in [0.25, 0.3) is 0 Å². The summed E-state index contributed by atoms with van der Waals surface area (Å²) in [6.45, 7) is 1.87. The van der Waals surface area contributed by atoms with E-state index >= 15 is 0 Å². The Morgan fingerprint density at radius 2 is 2.00 bits per heavy atom. The van der Waals surface area contributed by atoms with Crippen molar-refractivity contribution >= 4 is 17.0 Å².